The van der Waals surface area contributed by atoms with Gasteiger partial charge in [0.05, 0.1) is 12.1 Å². The van der Waals surface area contributed by atoms with Crippen molar-refractivity contribution in [3.05, 3.63) is 39.9 Å². The van der Waals surface area contributed by atoms with Crippen molar-refractivity contribution in [2.75, 3.05) is 18.0 Å². The third-order valence-corrected chi connectivity index (χ3v) is 6.01. The summed E-state index contributed by atoms with van der Waals surface area (Å²) in [4.78, 5) is 53.0. The van der Waals surface area contributed by atoms with E-state index in [1.807, 2.05) is 38.1 Å². The summed E-state index contributed by atoms with van der Waals surface area (Å²) in [5.41, 5.74) is 5.36. The number of benzene rings is 1. The highest BCUT2D eigenvalue weighted by molar-refractivity contribution is 5.95. The highest BCUT2D eigenvalue weighted by atomic mass is 17.0. The maximum atomic E-state index is 13.3. The van der Waals surface area contributed by atoms with Crippen LogP contribution in [-0.4, -0.2) is 70.1 Å². The second-order valence-corrected chi connectivity index (χ2v) is 10.3. The van der Waals surface area contributed by atoms with Gasteiger partial charge in [0.15, 0.2) is 5.60 Å². The molecule has 0 aromatic heterocycles. The first kappa shape index (κ1) is 28.8. The lowest BCUT2D eigenvalue weighted by Crippen LogP contribution is -2.52. The summed E-state index contributed by atoms with van der Waals surface area (Å²) >= 11 is 0. The number of para-hydroxylation sites is 1. The van der Waals surface area contributed by atoms with Gasteiger partial charge in [-0.2, -0.15) is 0 Å². The van der Waals surface area contributed by atoms with Gasteiger partial charge in [0, 0.05) is 31.2 Å². The standard InChI is InChI=1S/C23H35N5O8/c1-22(2,10-16(24)18(29)12-25-20(31)23(3,4)36-28(34)35)11-19(30)27-13-15(26-21(32)33)9-14-7-5-6-8-17(14)27/h5-8,15-16,18,26,29H,9-13,24H2,1-4H3,(H,25,31)(H,32,33)/t15?,16-,18-/m0/s1. The Morgan fingerprint density at radius 2 is 1.92 bits per heavy atom. The van der Waals surface area contributed by atoms with E-state index >= 15 is 0 Å². The lowest BCUT2D eigenvalue weighted by Gasteiger charge is -2.37. The summed E-state index contributed by atoms with van der Waals surface area (Å²) in [5, 5.41) is 33.9. The van der Waals surface area contributed by atoms with E-state index in [9.17, 15) is 29.6 Å². The van der Waals surface area contributed by atoms with Gasteiger partial charge in [-0.15, -0.1) is 10.1 Å². The fourth-order valence-corrected chi connectivity index (χ4v) is 4.24. The SMILES string of the molecule is CC(C)(CC(=O)N1CC(NC(=O)O)Cc2ccccc21)C[C@H](N)[C@@H](O)CNC(=O)C(C)(C)O[N+](=O)[O-]. The van der Waals surface area contributed by atoms with Gasteiger partial charge in [0.1, 0.15) is 0 Å². The smallest absolute Gasteiger partial charge is 0.404 e. The van der Waals surface area contributed by atoms with E-state index in [-0.39, 0.29) is 31.8 Å². The van der Waals surface area contributed by atoms with E-state index in [1.54, 1.807) is 4.90 Å². The van der Waals surface area contributed by atoms with Gasteiger partial charge < -0.3 is 31.5 Å². The number of nitrogens with one attached hydrogen (secondary N) is 2. The lowest BCUT2D eigenvalue weighted by atomic mass is 9.80. The Hall–Kier alpha value is -3.45. The van der Waals surface area contributed by atoms with Crippen molar-refractivity contribution in [3.63, 3.8) is 0 Å². The fraction of sp³-hybridized carbons (Fsp3) is 0.609. The third kappa shape index (κ3) is 8.05. The molecule has 0 saturated heterocycles. The van der Waals surface area contributed by atoms with E-state index < -0.39 is 46.3 Å². The number of anilines is 1. The van der Waals surface area contributed by atoms with Gasteiger partial charge in [0.2, 0.25) is 5.91 Å². The molecule has 0 bridgehead atoms. The number of carbonyl (C=O) groups is 3. The van der Waals surface area contributed by atoms with Crippen LogP contribution < -0.4 is 21.3 Å². The number of hydrogen-bond acceptors (Lipinski definition) is 8. The second kappa shape index (κ2) is 11.5. The third-order valence-electron chi connectivity index (χ3n) is 6.01. The number of amides is 3. The zero-order valence-corrected chi connectivity index (χ0v) is 20.9. The summed E-state index contributed by atoms with van der Waals surface area (Å²) in [6.45, 7) is 6.04. The largest absolute Gasteiger partial charge is 0.465 e. The predicted octanol–water partition coefficient (Wildman–Crippen LogP) is 0.810. The minimum Gasteiger partial charge on any atom is -0.465 e. The molecule has 1 aliphatic rings. The summed E-state index contributed by atoms with van der Waals surface area (Å²) in [6.07, 6.45) is -1.54. The maximum Gasteiger partial charge on any atom is 0.404 e. The number of aliphatic hydroxyl groups is 1. The molecule has 0 fully saturated rings. The number of hydrogen-bond donors (Lipinski definition) is 5. The van der Waals surface area contributed by atoms with Crippen LogP contribution in [-0.2, 0) is 20.8 Å². The van der Waals surface area contributed by atoms with Crippen LogP contribution in [0.15, 0.2) is 24.3 Å². The van der Waals surface area contributed by atoms with Crippen LogP contribution in [0.5, 0.6) is 0 Å². The molecule has 200 valence electrons. The molecule has 3 amide bonds. The van der Waals surface area contributed by atoms with Crippen molar-refractivity contribution in [2.45, 2.75) is 70.7 Å². The molecule has 36 heavy (non-hydrogen) atoms. The van der Waals surface area contributed by atoms with Crippen molar-refractivity contribution >= 4 is 23.6 Å². The number of nitrogens with zero attached hydrogens (tertiary/aromatic N) is 2. The monoisotopic (exact) mass is 509 g/mol. The molecule has 1 heterocycles. The quantitative estimate of drug-likeness (QED) is 0.212. The number of carbonyl (C=O) groups excluding carboxylic acids is 2. The van der Waals surface area contributed by atoms with Gasteiger partial charge in [-0.1, -0.05) is 32.0 Å². The first-order chi connectivity index (χ1) is 16.6. The van der Waals surface area contributed by atoms with Crippen LogP contribution >= 0.6 is 0 Å². The Labute approximate surface area is 209 Å². The molecule has 3 atom stereocenters. The first-order valence-corrected chi connectivity index (χ1v) is 11.5. The number of nitrogens with two attached hydrogens (primary N) is 1. The van der Waals surface area contributed by atoms with E-state index in [2.05, 4.69) is 15.5 Å². The summed E-state index contributed by atoms with van der Waals surface area (Å²) < 4.78 is 0. The van der Waals surface area contributed by atoms with E-state index in [0.29, 0.717) is 6.42 Å². The van der Waals surface area contributed by atoms with Gasteiger partial charge in [-0.3, -0.25) is 14.4 Å². The molecule has 13 nitrogen and oxygen atoms in total. The van der Waals surface area contributed by atoms with Crippen LogP contribution in [0, 0.1) is 15.5 Å². The Morgan fingerprint density at radius 1 is 1.28 bits per heavy atom. The van der Waals surface area contributed by atoms with E-state index in [4.69, 9.17) is 10.8 Å². The average molecular weight is 510 g/mol. The Morgan fingerprint density at radius 3 is 2.53 bits per heavy atom. The Bertz CT molecular complexity index is 983. The summed E-state index contributed by atoms with van der Waals surface area (Å²) in [5.74, 6) is -0.994. The van der Waals surface area contributed by atoms with Crippen molar-refractivity contribution in [3.8, 4) is 0 Å². The first-order valence-electron chi connectivity index (χ1n) is 11.5. The van der Waals surface area contributed by atoms with Crippen LogP contribution in [0.25, 0.3) is 0 Å². The zero-order valence-electron chi connectivity index (χ0n) is 20.9. The van der Waals surface area contributed by atoms with Crippen LogP contribution in [0.4, 0.5) is 10.5 Å². The predicted molar refractivity (Wildman–Crippen MR) is 130 cm³/mol. The fourth-order valence-electron chi connectivity index (χ4n) is 4.24. The normalized spacial score (nSPS) is 17.4. The minimum absolute atomic E-state index is 0.0810. The molecule has 0 saturated carbocycles. The van der Waals surface area contributed by atoms with Crippen molar-refractivity contribution in [2.24, 2.45) is 11.1 Å². The van der Waals surface area contributed by atoms with Crippen molar-refractivity contribution in [1.29, 1.82) is 0 Å². The molecular weight excluding hydrogens is 474 g/mol. The minimum atomic E-state index is -1.74. The molecule has 0 spiro atoms. The topological polar surface area (TPSA) is 197 Å². The molecule has 6 N–H and O–H groups in total. The van der Waals surface area contributed by atoms with Crippen molar-refractivity contribution < 1.29 is 34.5 Å². The molecule has 1 aromatic rings. The number of carboxylic acid groups (broad SMARTS) is 1. The van der Waals surface area contributed by atoms with Gasteiger partial charge in [-0.05, 0) is 43.7 Å². The molecule has 2 rings (SSSR count). The van der Waals surface area contributed by atoms with Crippen LogP contribution in [0.3, 0.4) is 0 Å². The molecule has 1 aliphatic heterocycles. The van der Waals surface area contributed by atoms with E-state index in [0.717, 1.165) is 11.3 Å². The number of aliphatic hydroxyl groups excluding tert-OH is 1. The van der Waals surface area contributed by atoms with Crippen LogP contribution in [0.1, 0.15) is 46.1 Å². The highest BCUT2D eigenvalue weighted by Crippen LogP contribution is 2.32. The number of rotatable bonds is 11. The molecule has 1 aromatic carbocycles. The van der Waals surface area contributed by atoms with E-state index in [1.165, 1.54) is 13.8 Å². The zero-order chi connectivity index (χ0) is 27.3. The molecule has 13 heteroatoms. The molecule has 1 unspecified atom stereocenters. The van der Waals surface area contributed by atoms with Gasteiger partial charge in [0.25, 0.3) is 11.0 Å². The second-order valence-electron chi connectivity index (χ2n) is 10.3. The van der Waals surface area contributed by atoms with Crippen molar-refractivity contribution in [1.82, 2.24) is 10.6 Å². The van der Waals surface area contributed by atoms with Gasteiger partial charge in [-0.25, -0.2) is 4.79 Å². The molecule has 0 radical (unpaired) electrons. The maximum absolute atomic E-state index is 13.3. The average Bonchev–Trinajstić information content (AvgIpc) is 2.74. The highest BCUT2D eigenvalue weighted by Gasteiger charge is 2.35. The van der Waals surface area contributed by atoms with Gasteiger partial charge >= 0.3 is 6.09 Å². The summed E-state index contributed by atoms with van der Waals surface area (Å²) in [6, 6.07) is 6.07. The summed E-state index contributed by atoms with van der Waals surface area (Å²) in [7, 11) is 0. The Balaban J connectivity index is 1.99. The van der Waals surface area contributed by atoms with Crippen LogP contribution in [0.2, 0.25) is 0 Å². The Kier molecular flexibility index (Phi) is 9.21. The molecular formula is C23H35N5O8. The lowest BCUT2D eigenvalue weighted by molar-refractivity contribution is -0.774. The molecule has 0 aliphatic carbocycles. The number of fused-ring (bicyclic) bond motifs is 1.